The maximum absolute atomic E-state index is 13.0. The van der Waals surface area contributed by atoms with E-state index in [1.165, 1.54) is 16.7 Å². The molecule has 5 N–H and O–H groups in total. The predicted molar refractivity (Wildman–Crippen MR) is 154 cm³/mol. The molecule has 0 aliphatic rings. The molecule has 10 heteroatoms. The fraction of sp³-hybridized carbons (Fsp3) is 0.267. The summed E-state index contributed by atoms with van der Waals surface area (Å²) < 4.78 is 6.77. The van der Waals surface area contributed by atoms with E-state index in [2.05, 4.69) is 5.32 Å². The fourth-order valence-corrected chi connectivity index (χ4v) is 4.29. The molecular weight excluding hydrogens is 536 g/mol. The number of benzene rings is 3. The number of aliphatic carboxylic acids is 1. The van der Waals surface area contributed by atoms with Crippen LogP contribution in [0.3, 0.4) is 0 Å². The van der Waals surface area contributed by atoms with E-state index in [9.17, 15) is 24.9 Å². The number of carbonyl (C=O) groups excluding carboxylic acids is 1. The molecule has 40 heavy (non-hydrogen) atoms. The van der Waals surface area contributed by atoms with Crippen LogP contribution in [0.15, 0.2) is 60.7 Å². The minimum Gasteiger partial charge on any atom is -0.504 e. The average molecular weight is 569 g/mol. The molecule has 4 aromatic rings. The van der Waals surface area contributed by atoms with Crippen molar-refractivity contribution in [3.63, 3.8) is 0 Å². The van der Waals surface area contributed by atoms with E-state index in [1.54, 1.807) is 62.6 Å². The summed E-state index contributed by atoms with van der Waals surface area (Å²) in [5.41, 5.74) is 2.91. The zero-order chi connectivity index (χ0) is 29.6. The first-order valence-electron chi connectivity index (χ1n) is 12.6. The van der Waals surface area contributed by atoms with Crippen molar-refractivity contribution < 1.29 is 34.8 Å². The first kappa shape index (κ1) is 30.5. The van der Waals surface area contributed by atoms with Gasteiger partial charge in [-0.1, -0.05) is 31.5 Å². The number of fused-ring (bicyclic) bond motifs is 1. The second-order valence-corrected chi connectivity index (χ2v) is 9.93. The van der Waals surface area contributed by atoms with E-state index in [1.807, 2.05) is 13.8 Å². The molecule has 0 aliphatic heterocycles. The average Bonchev–Trinajstić information content (AvgIpc) is 3.18. The second kappa shape index (κ2) is 13.3. The topological polar surface area (TPSA) is 141 Å². The van der Waals surface area contributed by atoms with Gasteiger partial charge in [0.1, 0.15) is 5.75 Å². The third kappa shape index (κ3) is 7.32. The van der Waals surface area contributed by atoms with Gasteiger partial charge < -0.3 is 30.5 Å². The molecular formula is C30H33ClN2O7. The van der Waals surface area contributed by atoms with Crippen LogP contribution in [0.25, 0.3) is 10.9 Å². The lowest BCUT2D eigenvalue weighted by Crippen LogP contribution is -2.27. The van der Waals surface area contributed by atoms with Gasteiger partial charge in [-0.05, 0) is 72.6 Å². The van der Waals surface area contributed by atoms with Crippen molar-refractivity contribution >= 4 is 34.4 Å². The lowest BCUT2D eigenvalue weighted by atomic mass is 10.1. The van der Waals surface area contributed by atoms with Gasteiger partial charge >= 0.3 is 5.97 Å². The third-order valence-corrected chi connectivity index (χ3v) is 6.52. The highest BCUT2D eigenvalue weighted by Gasteiger charge is 2.21. The molecule has 9 nitrogen and oxygen atoms in total. The Morgan fingerprint density at radius 3 is 2.25 bits per heavy atom. The number of nitrogens with one attached hydrogen (secondary N) is 1. The van der Waals surface area contributed by atoms with Crippen LogP contribution in [0.2, 0.25) is 5.02 Å². The Morgan fingerprint density at radius 1 is 1.00 bits per heavy atom. The summed E-state index contributed by atoms with van der Waals surface area (Å²) in [5.74, 6) is -0.973. The van der Waals surface area contributed by atoms with Gasteiger partial charge in [-0.15, -0.1) is 0 Å². The van der Waals surface area contributed by atoms with Crippen molar-refractivity contribution in [3.05, 3.63) is 88.1 Å². The lowest BCUT2D eigenvalue weighted by molar-refractivity contribution is -0.136. The number of phenols is 2. The van der Waals surface area contributed by atoms with Crippen molar-refractivity contribution in [2.75, 3.05) is 13.7 Å². The highest BCUT2D eigenvalue weighted by molar-refractivity contribution is 6.30. The van der Waals surface area contributed by atoms with Gasteiger partial charge in [0.15, 0.2) is 11.5 Å². The highest BCUT2D eigenvalue weighted by Crippen LogP contribution is 2.31. The number of carbonyl (C=O) groups is 2. The molecule has 212 valence electrons. The quantitative estimate of drug-likeness (QED) is 0.186. The SMILES string of the molecule is CC(C)NCC(O)c1ccc(O)c(O)c1.COc1ccc2c(c1)c(CC(=O)O)c(C)n2C(=O)c1ccc(Cl)cc1. The van der Waals surface area contributed by atoms with Crippen molar-refractivity contribution in [1.29, 1.82) is 0 Å². The number of aromatic hydroxyl groups is 2. The van der Waals surface area contributed by atoms with Gasteiger partial charge in [0.25, 0.3) is 5.91 Å². The Balaban J connectivity index is 0.000000252. The Labute approximate surface area is 237 Å². The molecule has 0 radical (unpaired) electrons. The Bertz CT molecular complexity index is 1500. The molecule has 3 aromatic carbocycles. The molecule has 0 fully saturated rings. The molecule has 1 atom stereocenters. The fourth-order valence-electron chi connectivity index (χ4n) is 4.16. The summed E-state index contributed by atoms with van der Waals surface area (Å²) in [5, 5.41) is 41.6. The van der Waals surface area contributed by atoms with Crippen molar-refractivity contribution in [3.8, 4) is 17.2 Å². The lowest BCUT2D eigenvalue weighted by Gasteiger charge is -2.14. The Hall–Kier alpha value is -4.05. The Kier molecular flexibility index (Phi) is 10.2. The van der Waals surface area contributed by atoms with E-state index in [4.69, 9.17) is 21.4 Å². The number of rotatable bonds is 8. The molecule has 0 spiro atoms. The normalized spacial score (nSPS) is 11.7. The van der Waals surface area contributed by atoms with Crippen molar-refractivity contribution in [2.45, 2.75) is 39.3 Å². The first-order valence-corrected chi connectivity index (χ1v) is 12.9. The van der Waals surface area contributed by atoms with Crippen LogP contribution >= 0.6 is 11.6 Å². The zero-order valence-corrected chi connectivity index (χ0v) is 23.4. The predicted octanol–water partition coefficient (Wildman–Crippen LogP) is 5.06. The number of carboxylic acids is 1. The van der Waals surface area contributed by atoms with Gasteiger partial charge in [0.05, 0.1) is 25.2 Å². The van der Waals surface area contributed by atoms with Crippen LogP contribution in [-0.4, -0.2) is 56.6 Å². The number of ether oxygens (including phenoxy) is 1. The number of phenolic OH excluding ortho intramolecular Hbond substituents is 2. The number of carboxylic acid groups (broad SMARTS) is 1. The van der Waals surface area contributed by atoms with E-state index in [0.717, 1.165) is 0 Å². The van der Waals surface area contributed by atoms with E-state index in [0.29, 0.717) is 56.6 Å². The van der Waals surface area contributed by atoms with Gasteiger partial charge in [0.2, 0.25) is 0 Å². The van der Waals surface area contributed by atoms with Crippen LogP contribution in [0.4, 0.5) is 0 Å². The second-order valence-electron chi connectivity index (χ2n) is 9.49. The largest absolute Gasteiger partial charge is 0.504 e. The molecule has 0 saturated carbocycles. The standard InChI is InChI=1S/C19H16ClNO4.C11H17NO3/c1-11-15(10-18(22)23)16-9-14(25-2)7-8-17(16)21(11)19(24)12-3-5-13(20)6-4-12;1-7(2)12-6-11(15)8-3-4-9(13)10(14)5-8/h3-9H,10H2,1-2H3,(H,22,23);3-5,7,11-15H,6H2,1-2H3. The van der Waals surface area contributed by atoms with E-state index < -0.39 is 12.1 Å². The minimum atomic E-state index is -0.955. The molecule has 1 unspecified atom stereocenters. The summed E-state index contributed by atoms with van der Waals surface area (Å²) in [7, 11) is 1.54. The molecule has 4 rings (SSSR count). The number of methoxy groups -OCH3 is 1. The summed E-state index contributed by atoms with van der Waals surface area (Å²) in [4.78, 5) is 24.3. The molecule has 1 heterocycles. The van der Waals surface area contributed by atoms with Crippen LogP contribution in [0, 0.1) is 6.92 Å². The number of hydrogen-bond acceptors (Lipinski definition) is 7. The number of aliphatic hydroxyl groups excluding tert-OH is 1. The third-order valence-electron chi connectivity index (χ3n) is 6.27. The molecule has 0 aliphatic carbocycles. The zero-order valence-electron chi connectivity index (χ0n) is 22.7. The van der Waals surface area contributed by atoms with E-state index >= 15 is 0 Å². The summed E-state index contributed by atoms with van der Waals surface area (Å²) in [6, 6.07) is 16.5. The monoisotopic (exact) mass is 568 g/mol. The maximum atomic E-state index is 13.0. The van der Waals surface area contributed by atoms with Crippen LogP contribution in [-0.2, 0) is 11.2 Å². The molecule has 0 amide bonds. The molecule has 0 saturated heterocycles. The number of nitrogens with zero attached hydrogens (tertiary/aromatic N) is 1. The van der Waals surface area contributed by atoms with Crippen LogP contribution < -0.4 is 10.1 Å². The van der Waals surface area contributed by atoms with Gasteiger partial charge in [-0.25, -0.2) is 0 Å². The number of halogens is 1. The summed E-state index contributed by atoms with van der Waals surface area (Å²) in [6.45, 7) is 6.14. The first-order chi connectivity index (χ1) is 18.9. The van der Waals surface area contributed by atoms with Gasteiger partial charge in [0, 0.05) is 34.3 Å². The maximum Gasteiger partial charge on any atom is 0.307 e. The van der Waals surface area contributed by atoms with E-state index in [-0.39, 0.29) is 23.8 Å². The molecule has 0 bridgehead atoms. The van der Waals surface area contributed by atoms with Crippen molar-refractivity contribution in [2.24, 2.45) is 0 Å². The summed E-state index contributed by atoms with van der Waals surface area (Å²) in [6.07, 6.45) is -0.852. The van der Waals surface area contributed by atoms with Crippen LogP contribution in [0.1, 0.15) is 47.1 Å². The number of aromatic nitrogens is 1. The van der Waals surface area contributed by atoms with Gasteiger partial charge in [-0.2, -0.15) is 0 Å². The minimum absolute atomic E-state index is 0.170. The Morgan fingerprint density at radius 2 is 1.68 bits per heavy atom. The smallest absolute Gasteiger partial charge is 0.307 e. The number of hydrogen-bond donors (Lipinski definition) is 5. The highest BCUT2D eigenvalue weighted by atomic mass is 35.5. The number of aliphatic hydroxyl groups is 1. The molecule has 1 aromatic heterocycles. The van der Waals surface area contributed by atoms with Crippen LogP contribution in [0.5, 0.6) is 17.2 Å². The van der Waals surface area contributed by atoms with Crippen molar-refractivity contribution in [1.82, 2.24) is 9.88 Å². The summed E-state index contributed by atoms with van der Waals surface area (Å²) >= 11 is 5.89. The van der Waals surface area contributed by atoms with Gasteiger partial charge in [-0.3, -0.25) is 14.2 Å².